The molecule has 0 unspecified atom stereocenters. The molecule has 1 atom stereocenters. The minimum Gasteiger partial charge on any atom is -0.478 e. The molecule has 1 aliphatic rings. The van der Waals surface area contributed by atoms with Crippen molar-refractivity contribution in [1.82, 2.24) is 15.3 Å². The van der Waals surface area contributed by atoms with E-state index in [2.05, 4.69) is 20.2 Å². The minimum atomic E-state index is -0.0192. The van der Waals surface area contributed by atoms with Gasteiger partial charge in [0.05, 0.1) is 7.11 Å². The molecule has 1 N–H and O–H groups in total. The van der Waals surface area contributed by atoms with Gasteiger partial charge in [-0.1, -0.05) is 0 Å². The van der Waals surface area contributed by atoms with E-state index in [9.17, 15) is 4.79 Å². The van der Waals surface area contributed by atoms with E-state index in [4.69, 9.17) is 4.74 Å². The van der Waals surface area contributed by atoms with Gasteiger partial charge in [0.2, 0.25) is 0 Å². The van der Waals surface area contributed by atoms with E-state index in [1.165, 1.54) is 11.3 Å². The topological polar surface area (TPSA) is 67.4 Å². The highest BCUT2D eigenvalue weighted by Gasteiger charge is 2.27. The van der Waals surface area contributed by atoms with Crippen molar-refractivity contribution in [2.45, 2.75) is 12.5 Å². The quantitative estimate of drug-likeness (QED) is 0.928. The van der Waals surface area contributed by atoms with Gasteiger partial charge in [0, 0.05) is 42.5 Å². The fourth-order valence-corrected chi connectivity index (χ4v) is 3.05. The summed E-state index contributed by atoms with van der Waals surface area (Å²) in [6.45, 7) is 1.54. The Balaban J connectivity index is 1.64. The molecule has 0 saturated carbocycles. The Morgan fingerprint density at radius 2 is 2.33 bits per heavy atom. The first-order valence-corrected chi connectivity index (χ1v) is 7.65. The molecule has 0 spiro atoms. The van der Waals surface area contributed by atoms with Crippen molar-refractivity contribution in [3.8, 4) is 5.88 Å². The summed E-state index contributed by atoms with van der Waals surface area (Å²) in [4.78, 5) is 22.6. The van der Waals surface area contributed by atoms with E-state index in [1.54, 1.807) is 19.5 Å². The maximum absolute atomic E-state index is 12.1. The zero-order valence-electron chi connectivity index (χ0n) is 11.7. The second-order valence-corrected chi connectivity index (χ2v) is 5.59. The van der Waals surface area contributed by atoms with Gasteiger partial charge in [-0.15, -0.1) is 0 Å². The number of hydrogen-bond donors (Lipinski definition) is 1. The molecule has 1 aliphatic heterocycles. The van der Waals surface area contributed by atoms with E-state index in [0.717, 1.165) is 24.3 Å². The molecule has 2 aromatic rings. The maximum Gasteiger partial charge on any atom is 0.257 e. The van der Waals surface area contributed by atoms with E-state index in [-0.39, 0.29) is 11.9 Å². The molecule has 6 nitrogen and oxygen atoms in total. The average Bonchev–Trinajstić information content (AvgIpc) is 3.18. The van der Waals surface area contributed by atoms with E-state index >= 15 is 0 Å². The highest BCUT2D eigenvalue weighted by atomic mass is 32.1. The lowest BCUT2D eigenvalue weighted by Crippen LogP contribution is -2.37. The van der Waals surface area contributed by atoms with Crippen LogP contribution in [0.25, 0.3) is 0 Å². The van der Waals surface area contributed by atoms with Gasteiger partial charge in [0.15, 0.2) is 5.82 Å². The molecule has 3 heterocycles. The van der Waals surface area contributed by atoms with Crippen LogP contribution in [0, 0.1) is 0 Å². The summed E-state index contributed by atoms with van der Waals surface area (Å²) in [6, 6.07) is 1.95. The predicted octanol–water partition coefficient (Wildman–Crippen LogP) is 1.56. The number of anilines is 1. The summed E-state index contributed by atoms with van der Waals surface area (Å²) in [5, 5.41) is 6.81. The first-order valence-electron chi connectivity index (χ1n) is 6.71. The summed E-state index contributed by atoms with van der Waals surface area (Å²) in [5.41, 5.74) is 0.718. The van der Waals surface area contributed by atoms with Crippen LogP contribution in [0.4, 0.5) is 5.82 Å². The lowest BCUT2D eigenvalue weighted by molar-refractivity contribution is 0.0941. The number of carbonyl (C=O) groups is 1. The van der Waals surface area contributed by atoms with Crippen LogP contribution in [0.2, 0.25) is 0 Å². The first kappa shape index (κ1) is 13.8. The average molecular weight is 304 g/mol. The Labute approximate surface area is 126 Å². The third kappa shape index (κ3) is 2.97. The number of methoxy groups -OCH3 is 1. The molecule has 0 bridgehead atoms. The van der Waals surface area contributed by atoms with Gasteiger partial charge in [0.1, 0.15) is 0 Å². The molecule has 0 radical (unpaired) electrons. The second kappa shape index (κ2) is 6.09. The van der Waals surface area contributed by atoms with Crippen molar-refractivity contribution in [2.75, 3.05) is 25.1 Å². The molecular formula is C14H16N4O2S. The summed E-state index contributed by atoms with van der Waals surface area (Å²) in [5.74, 6) is 1.23. The first-order chi connectivity index (χ1) is 10.3. The molecule has 110 valence electrons. The van der Waals surface area contributed by atoms with Crippen molar-refractivity contribution < 1.29 is 9.53 Å². The van der Waals surface area contributed by atoms with Crippen molar-refractivity contribution in [3.05, 3.63) is 34.8 Å². The Hall–Kier alpha value is -2.15. The summed E-state index contributed by atoms with van der Waals surface area (Å²) in [7, 11) is 1.58. The van der Waals surface area contributed by atoms with Crippen LogP contribution in [0.1, 0.15) is 16.8 Å². The normalized spacial score (nSPS) is 17.8. The van der Waals surface area contributed by atoms with E-state index in [0.29, 0.717) is 12.4 Å². The van der Waals surface area contributed by atoms with Crippen LogP contribution in [0.5, 0.6) is 5.88 Å². The monoisotopic (exact) mass is 304 g/mol. The number of aromatic nitrogens is 2. The Kier molecular flexibility index (Phi) is 4.01. The van der Waals surface area contributed by atoms with Crippen molar-refractivity contribution >= 4 is 23.1 Å². The lowest BCUT2D eigenvalue weighted by atomic mass is 10.2. The fraction of sp³-hybridized carbons (Fsp3) is 0.357. The van der Waals surface area contributed by atoms with Gasteiger partial charge in [-0.25, -0.2) is 9.97 Å². The van der Waals surface area contributed by atoms with E-state index in [1.807, 2.05) is 16.8 Å². The fourth-order valence-electron chi connectivity index (χ4n) is 2.41. The zero-order chi connectivity index (χ0) is 14.7. The second-order valence-electron chi connectivity index (χ2n) is 4.81. The summed E-state index contributed by atoms with van der Waals surface area (Å²) < 4.78 is 5.23. The third-order valence-electron chi connectivity index (χ3n) is 3.45. The maximum atomic E-state index is 12.1. The number of hydrogen-bond acceptors (Lipinski definition) is 6. The predicted molar refractivity (Wildman–Crippen MR) is 81.0 cm³/mol. The van der Waals surface area contributed by atoms with Gasteiger partial charge in [-0.3, -0.25) is 4.79 Å². The van der Waals surface area contributed by atoms with Gasteiger partial charge < -0.3 is 15.0 Å². The molecule has 0 aliphatic carbocycles. The standard InChI is InChI=1S/C14H16N4O2S/c1-20-14-12(15-4-5-16-14)18-6-2-11(8-18)17-13(19)10-3-7-21-9-10/h3-5,7,9,11H,2,6,8H2,1H3,(H,17,19)/t11-/m0/s1. The molecule has 1 amide bonds. The molecule has 1 saturated heterocycles. The van der Waals surface area contributed by atoms with Crippen molar-refractivity contribution in [1.29, 1.82) is 0 Å². The summed E-state index contributed by atoms with van der Waals surface area (Å²) >= 11 is 1.52. The van der Waals surface area contributed by atoms with Crippen LogP contribution in [0.15, 0.2) is 29.2 Å². The Bertz CT molecular complexity index is 617. The molecule has 3 rings (SSSR count). The smallest absolute Gasteiger partial charge is 0.257 e. The highest BCUT2D eigenvalue weighted by Crippen LogP contribution is 2.25. The van der Waals surface area contributed by atoms with Crippen molar-refractivity contribution in [2.24, 2.45) is 0 Å². The number of ether oxygens (including phenoxy) is 1. The molecular weight excluding hydrogens is 288 g/mol. The Morgan fingerprint density at radius 3 is 3.10 bits per heavy atom. The summed E-state index contributed by atoms with van der Waals surface area (Å²) in [6.07, 6.45) is 4.14. The highest BCUT2D eigenvalue weighted by molar-refractivity contribution is 7.08. The lowest BCUT2D eigenvalue weighted by Gasteiger charge is -2.19. The molecule has 21 heavy (non-hydrogen) atoms. The molecule has 7 heteroatoms. The number of carbonyl (C=O) groups excluding carboxylic acids is 1. The molecule has 1 fully saturated rings. The van der Waals surface area contributed by atoms with Gasteiger partial charge in [0.25, 0.3) is 11.8 Å². The largest absolute Gasteiger partial charge is 0.478 e. The van der Waals surface area contributed by atoms with Crippen LogP contribution in [0.3, 0.4) is 0 Å². The minimum absolute atomic E-state index is 0.0192. The molecule has 0 aromatic carbocycles. The number of thiophene rings is 1. The number of nitrogens with zero attached hydrogens (tertiary/aromatic N) is 3. The van der Waals surface area contributed by atoms with Gasteiger partial charge in [-0.2, -0.15) is 11.3 Å². The Morgan fingerprint density at radius 1 is 1.48 bits per heavy atom. The van der Waals surface area contributed by atoms with Crippen molar-refractivity contribution in [3.63, 3.8) is 0 Å². The van der Waals surface area contributed by atoms with Crippen LogP contribution in [-0.4, -0.2) is 42.1 Å². The number of amides is 1. The number of nitrogens with one attached hydrogen (secondary N) is 1. The SMILES string of the molecule is COc1nccnc1N1CC[C@H](NC(=O)c2ccsc2)C1. The van der Waals surface area contributed by atoms with Crippen LogP contribution >= 0.6 is 11.3 Å². The van der Waals surface area contributed by atoms with Gasteiger partial charge in [-0.05, 0) is 17.9 Å². The van der Waals surface area contributed by atoms with Gasteiger partial charge >= 0.3 is 0 Å². The molecule has 2 aromatic heterocycles. The van der Waals surface area contributed by atoms with Crippen LogP contribution in [-0.2, 0) is 0 Å². The zero-order valence-corrected chi connectivity index (χ0v) is 12.5. The van der Waals surface area contributed by atoms with E-state index < -0.39 is 0 Å². The van der Waals surface area contributed by atoms with Crippen LogP contribution < -0.4 is 15.0 Å². The third-order valence-corrected chi connectivity index (χ3v) is 4.13. The number of rotatable bonds is 4.